The molecule has 0 saturated heterocycles. The minimum Gasteiger partial charge on any atom is -0.355 e. The molecule has 0 bridgehead atoms. The summed E-state index contributed by atoms with van der Waals surface area (Å²) in [5.74, 6) is 2.49. The molecular formula is C19H25BrN6. The first-order chi connectivity index (χ1) is 12.6. The summed E-state index contributed by atoms with van der Waals surface area (Å²) < 4.78 is 3.13. The van der Waals surface area contributed by atoms with Gasteiger partial charge in [-0.05, 0) is 31.4 Å². The summed E-state index contributed by atoms with van der Waals surface area (Å²) in [6.07, 6.45) is 4.18. The zero-order valence-corrected chi connectivity index (χ0v) is 16.9. The Labute approximate surface area is 162 Å². The van der Waals surface area contributed by atoms with E-state index in [-0.39, 0.29) is 5.41 Å². The van der Waals surface area contributed by atoms with E-state index in [1.165, 1.54) is 22.9 Å². The molecule has 1 aromatic heterocycles. The van der Waals surface area contributed by atoms with Crippen LogP contribution in [-0.4, -0.2) is 33.8 Å². The highest BCUT2D eigenvalue weighted by atomic mass is 79.9. The van der Waals surface area contributed by atoms with Gasteiger partial charge in [-0.15, -0.1) is 16.8 Å². The summed E-state index contributed by atoms with van der Waals surface area (Å²) in [6.45, 7) is 7.69. The lowest BCUT2D eigenvalue weighted by Crippen LogP contribution is -2.41. The van der Waals surface area contributed by atoms with E-state index in [0.717, 1.165) is 24.2 Å². The Balaban J connectivity index is 1.69. The fourth-order valence-corrected chi connectivity index (χ4v) is 3.62. The number of nitrogens with zero attached hydrogens (tertiary/aromatic N) is 4. The Bertz CT molecular complexity index is 806. The number of benzene rings is 1. The maximum absolute atomic E-state index is 4.66. The topological polar surface area (TPSA) is 67.1 Å². The number of nitrogens with one attached hydrogen (secondary N) is 2. The second-order valence-corrected chi connectivity index (χ2v) is 7.52. The minimum atomic E-state index is 0.179. The lowest BCUT2D eigenvalue weighted by Gasteiger charge is -2.20. The van der Waals surface area contributed by atoms with Crippen LogP contribution >= 0.6 is 15.9 Å². The van der Waals surface area contributed by atoms with Gasteiger partial charge < -0.3 is 15.2 Å². The molecule has 2 aromatic rings. The quantitative estimate of drug-likeness (QED) is 0.413. The number of aliphatic imine (C=N–C) groups is 1. The van der Waals surface area contributed by atoms with Crippen molar-refractivity contribution in [1.82, 2.24) is 25.4 Å². The number of aromatic nitrogens is 3. The molecule has 7 heteroatoms. The Hall–Kier alpha value is -2.15. The van der Waals surface area contributed by atoms with Gasteiger partial charge >= 0.3 is 0 Å². The van der Waals surface area contributed by atoms with Crippen molar-refractivity contribution in [2.75, 3.05) is 13.1 Å². The Morgan fingerprint density at radius 1 is 1.35 bits per heavy atom. The molecule has 6 nitrogen and oxygen atoms in total. The number of hydrogen-bond donors (Lipinski definition) is 2. The van der Waals surface area contributed by atoms with E-state index in [0.29, 0.717) is 13.1 Å². The first-order valence-corrected chi connectivity index (χ1v) is 9.58. The molecule has 1 aliphatic carbocycles. The zero-order valence-electron chi connectivity index (χ0n) is 15.3. The number of hydrogen-bond acceptors (Lipinski definition) is 3. The van der Waals surface area contributed by atoms with Crippen molar-refractivity contribution in [3.8, 4) is 0 Å². The average molecular weight is 417 g/mol. The van der Waals surface area contributed by atoms with Crippen LogP contribution in [0.15, 0.2) is 46.4 Å². The van der Waals surface area contributed by atoms with Crippen LogP contribution in [0.1, 0.15) is 30.1 Å². The van der Waals surface area contributed by atoms with Gasteiger partial charge in [0.15, 0.2) is 11.8 Å². The fraction of sp³-hybridized carbons (Fsp3) is 0.421. The third kappa shape index (κ3) is 4.15. The van der Waals surface area contributed by atoms with Crippen LogP contribution in [0.25, 0.3) is 0 Å². The molecule has 0 amide bonds. The van der Waals surface area contributed by atoms with Gasteiger partial charge in [0.05, 0.1) is 0 Å². The van der Waals surface area contributed by atoms with Crippen molar-refractivity contribution in [2.24, 2.45) is 12.0 Å². The molecule has 1 aromatic carbocycles. The maximum atomic E-state index is 4.66. The lowest BCUT2D eigenvalue weighted by atomic mass is 9.96. The molecule has 26 heavy (non-hydrogen) atoms. The highest BCUT2D eigenvalue weighted by Crippen LogP contribution is 2.49. The highest BCUT2D eigenvalue weighted by molar-refractivity contribution is 9.10. The lowest BCUT2D eigenvalue weighted by molar-refractivity contribution is 0.643. The van der Waals surface area contributed by atoms with Crippen LogP contribution in [0.3, 0.4) is 0 Å². The molecule has 1 heterocycles. The van der Waals surface area contributed by atoms with Gasteiger partial charge in [0.2, 0.25) is 0 Å². The van der Waals surface area contributed by atoms with Crippen molar-refractivity contribution in [3.05, 3.63) is 58.6 Å². The summed E-state index contributed by atoms with van der Waals surface area (Å²) in [6, 6.07) is 8.46. The summed E-state index contributed by atoms with van der Waals surface area (Å²) in [5, 5.41) is 15.0. The SMILES string of the molecule is C=CCNC(=NCc1nnc(C)n1C)NCC1(c2ccccc2Br)CC1. The van der Waals surface area contributed by atoms with Gasteiger partial charge in [-0.25, -0.2) is 4.99 Å². The molecule has 0 aliphatic heterocycles. The van der Waals surface area contributed by atoms with E-state index in [1.54, 1.807) is 0 Å². The summed E-state index contributed by atoms with van der Waals surface area (Å²) in [4.78, 5) is 4.66. The minimum absolute atomic E-state index is 0.179. The van der Waals surface area contributed by atoms with E-state index < -0.39 is 0 Å². The number of halogens is 1. The molecule has 0 atom stereocenters. The third-order valence-electron chi connectivity index (χ3n) is 4.87. The molecule has 1 fully saturated rings. The van der Waals surface area contributed by atoms with Gasteiger partial charge in [-0.3, -0.25) is 0 Å². The molecule has 2 N–H and O–H groups in total. The maximum Gasteiger partial charge on any atom is 0.191 e. The molecule has 0 spiro atoms. The first kappa shape index (κ1) is 18.6. The molecule has 0 radical (unpaired) electrons. The molecule has 3 rings (SSSR count). The normalized spacial score (nSPS) is 15.6. The predicted octanol–water partition coefficient (Wildman–Crippen LogP) is 2.84. The molecule has 0 unspecified atom stereocenters. The highest BCUT2D eigenvalue weighted by Gasteiger charge is 2.45. The van der Waals surface area contributed by atoms with E-state index in [2.05, 4.69) is 72.6 Å². The van der Waals surface area contributed by atoms with Gasteiger partial charge in [0, 0.05) is 30.0 Å². The summed E-state index contributed by atoms with van der Waals surface area (Å²) in [7, 11) is 1.95. The predicted molar refractivity (Wildman–Crippen MR) is 108 cm³/mol. The second-order valence-electron chi connectivity index (χ2n) is 6.67. The largest absolute Gasteiger partial charge is 0.355 e. The smallest absolute Gasteiger partial charge is 0.191 e. The first-order valence-electron chi connectivity index (χ1n) is 8.79. The molecule has 138 valence electrons. The number of guanidine groups is 1. The van der Waals surface area contributed by atoms with Crippen molar-refractivity contribution >= 4 is 21.9 Å². The summed E-state index contributed by atoms with van der Waals surface area (Å²) >= 11 is 3.69. The van der Waals surface area contributed by atoms with E-state index >= 15 is 0 Å². The monoisotopic (exact) mass is 416 g/mol. The van der Waals surface area contributed by atoms with Crippen LogP contribution in [0.4, 0.5) is 0 Å². The molecular weight excluding hydrogens is 392 g/mol. The Morgan fingerprint density at radius 2 is 2.12 bits per heavy atom. The van der Waals surface area contributed by atoms with E-state index in [9.17, 15) is 0 Å². The van der Waals surface area contributed by atoms with Crippen molar-refractivity contribution < 1.29 is 0 Å². The van der Waals surface area contributed by atoms with Crippen LogP contribution in [0, 0.1) is 6.92 Å². The fourth-order valence-electron chi connectivity index (χ4n) is 2.92. The van der Waals surface area contributed by atoms with Gasteiger partial charge in [0.25, 0.3) is 0 Å². The Kier molecular flexibility index (Phi) is 5.76. The van der Waals surface area contributed by atoms with Crippen molar-refractivity contribution in [2.45, 2.75) is 31.7 Å². The van der Waals surface area contributed by atoms with E-state index in [4.69, 9.17) is 0 Å². The van der Waals surface area contributed by atoms with Crippen LogP contribution in [-0.2, 0) is 19.0 Å². The third-order valence-corrected chi connectivity index (χ3v) is 5.56. The van der Waals surface area contributed by atoms with Crippen LogP contribution in [0.5, 0.6) is 0 Å². The van der Waals surface area contributed by atoms with Gasteiger partial charge in [-0.2, -0.15) is 0 Å². The number of aryl methyl sites for hydroxylation is 1. The van der Waals surface area contributed by atoms with Gasteiger partial charge in [0.1, 0.15) is 12.4 Å². The van der Waals surface area contributed by atoms with E-state index in [1.807, 2.05) is 24.6 Å². The van der Waals surface area contributed by atoms with Gasteiger partial charge in [-0.1, -0.05) is 40.2 Å². The molecule has 1 saturated carbocycles. The zero-order chi connectivity index (χ0) is 18.6. The Morgan fingerprint density at radius 3 is 2.73 bits per heavy atom. The van der Waals surface area contributed by atoms with Crippen molar-refractivity contribution in [3.63, 3.8) is 0 Å². The van der Waals surface area contributed by atoms with Crippen molar-refractivity contribution in [1.29, 1.82) is 0 Å². The second kappa shape index (κ2) is 8.03. The standard InChI is InChI=1S/C19H25BrN6/c1-4-11-21-18(22-12-17-25-24-14(2)26(17)3)23-13-19(9-10-19)15-7-5-6-8-16(15)20/h4-8H,1,9-13H2,2-3H3,(H2,21,22,23). The summed E-state index contributed by atoms with van der Waals surface area (Å²) in [5.41, 5.74) is 1.54. The molecule has 1 aliphatic rings. The number of rotatable bonds is 7. The van der Waals surface area contributed by atoms with Crippen LogP contribution < -0.4 is 10.6 Å². The average Bonchev–Trinajstić information content (AvgIpc) is 3.36. The van der Waals surface area contributed by atoms with Crippen LogP contribution in [0.2, 0.25) is 0 Å².